The van der Waals surface area contributed by atoms with Crippen LogP contribution in [-0.4, -0.2) is 24.2 Å². The second-order valence-corrected chi connectivity index (χ2v) is 8.93. The molecule has 38 heavy (non-hydrogen) atoms. The number of benzene rings is 4. The van der Waals surface area contributed by atoms with Crippen molar-refractivity contribution in [1.82, 2.24) is 9.97 Å². The van der Waals surface area contributed by atoms with Crippen molar-refractivity contribution in [1.29, 1.82) is 0 Å². The van der Waals surface area contributed by atoms with Crippen LogP contribution in [0.1, 0.15) is 11.4 Å². The van der Waals surface area contributed by atoms with E-state index in [0.717, 1.165) is 66.9 Å². The summed E-state index contributed by atoms with van der Waals surface area (Å²) >= 11 is 0. The summed E-state index contributed by atoms with van der Waals surface area (Å²) in [6, 6.07) is 37.1. The first-order chi connectivity index (χ1) is 18.2. The van der Waals surface area contributed by atoms with E-state index in [1.165, 1.54) is 0 Å². The summed E-state index contributed by atoms with van der Waals surface area (Å²) < 4.78 is 11.3. The van der Waals surface area contributed by atoms with Gasteiger partial charge in [0.05, 0.1) is 37.0 Å². The Morgan fingerprint density at radius 3 is 1.37 bits per heavy atom. The molecule has 188 valence electrons. The first kappa shape index (κ1) is 25.6. The third kappa shape index (κ3) is 4.80. The largest absolute Gasteiger partial charge is 2.00 e. The van der Waals surface area contributed by atoms with Gasteiger partial charge in [-0.1, -0.05) is 72.8 Å². The minimum Gasteiger partial charge on any atom is -0.496 e. The molecule has 0 saturated heterocycles. The van der Waals surface area contributed by atoms with Gasteiger partial charge in [-0.05, 0) is 47.2 Å². The van der Waals surface area contributed by atoms with E-state index >= 15 is 0 Å². The predicted molar refractivity (Wildman–Crippen MR) is 150 cm³/mol. The molecule has 0 radical (unpaired) electrons. The van der Waals surface area contributed by atoms with Gasteiger partial charge in [0.1, 0.15) is 11.5 Å². The van der Waals surface area contributed by atoms with Gasteiger partial charge < -0.3 is 9.47 Å². The molecule has 0 aliphatic rings. The molecule has 0 amide bonds. The molecule has 0 unspecified atom stereocenters. The summed E-state index contributed by atoms with van der Waals surface area (Å²) in [6.07, 6.45) is 0.590. The van der Waals surface area contributed by atoms with Crippen LogP contribution < -0.4 is 9.47 Å². The molecule has 2 heterocycles. The molecule has 5 heteroatoms. The number of rotatable bonds is 6. The van der Waals surface area contributed by atoms with E-state index in [1.54, 1.807) is 14.2 Å². The number of aromatic nitrogens is 2. The molecular formula is C33H26N2O2Pt+2. The molecule has 2 aromatic heterocycles. The zero-order valence-electron chi connectivity index (χ0n) is 21.1. The molecule has 0 bridgehead atoms. The molecule has 0 saturated carbocycles. The molecule has 0 atom stereocenters. The molecule has 0 N–H and O–H groups in total. The summed E-state index contributed by atoms with van der Waals surface area (Å²) in [5, 5.41) is 4.52. The van der Waals surface area contributed by atoms with Gasteiger partial charge in [0, 0.05) is 28.3 Å². The Bertz CT molecular complexity index is 1620. The normalized spacial score (nSPS) is 10.8. The van der Waals surface area contributed by atoms with Gasteiger partial charge in [-0.25, -0.2) is 0 Å². The van der Waals surface area contributed by atoms with Crippen LogP contribution in [-0.2, 0) is 27.5 Å². The molecule has 4 nitrogen and oxygen atoms in total. The minimum atomic E-state index is 0. The van der Waals surface area contributed by atoms with E-state index in [2.05, 4.69) is 72.8 Å². The summed E-state index contributed by atoms with van der Waals surface area (Å²) in [4.78, 5) is 10.3. The van der Waals surface area contributed by atoms with Crippen LogP contribution in [0.3, 0.4) is 0 Å². The van der Waals surface area contributed by atoms with Crippen molar-refractivity contribution in [3.05, 3.63) is 121 Å². The van der Waals surface area contributed by atoms with E-state index in [9.17, 15) is 0 Å². The monoisotopic (exact) mass is 677 g/mol. The zero-order valence-corrected chi connectivity index (χ0v) is 23.4. The van der Waals surface area contributed by atoms with Gasteiger partial charge in [-0.15, -0.1) is 0 Å². The Kier molecular flexibility index (Phi) is 7.53. The van der Waals surface area contributed by atoms with E-state index < -0.39 is 0 Å². The third-order valence-electron chi connectivity index (χ3n) is 6.74. The fourth-order valence-electron chi connectivity index (χ4n) is 4.96. The maximum absolute atomic E-state index is 5.65. The van der Waals surface area contributed by atoms with Crippen molar-refractivity contribution < 1.29 is 30.5 Å². The summed E-state index contributed by atoms with van der Waals surface area (Å²) in [5.74, 6) is 1.61. The van der Waals surface area contributed by atoms with Crippen LogP contribution in [0.15, 0.2) is 109 Å². The smallest absolute Gasteiger partial charge is 0.496 e. The van der Waals surface area contributed by atoms with E-state index in [0.29, 0.717) is 6.42 Å². The third-order valence-corrected chi connectivity index (χ3v) is 6.74. The van der Waals surface area contributed by atoms with Crippen LogP contribution >= 0.6 is 0 Å². The standard InChI is InChI=1S/C33H26N2O2.Pt/c1-36-32-17-9-7-15-26(32)28-19-22-11-3-5-13-24(22)30(34-28)21-31-25-14-6-4-12-23(25)20-29(35-31)27-16-8-10-18-33(27)37-2;/h3-20H,21H2,1-2H3;/q;+2. The van der Waals surface area contributed by atoms with Crippen LogP contribution in [0.4, 0.5) is 0 Å². The number of para-hydroxylation sites is 2. The van der Waals surface area contributed by atoms with Crippen molar-refractivity contribution >= 4 is 21.5 Å². The number of hydrogen-bond donors (Lipinski definition) is 0. The van der Waals surface area contributed by atoms with Gasteiger partial charge in [0.15, 0.2) is 0 Å². The first-order valence-electron chi connectivity index (χ1n) is 12.3. The number of pyridine rings is 2. The SMILES string of the molecule is COc1ccccc1-c1cc2ccccc2c(Cc2nc(-c3ccccc3OC)cc3ccccc23)n1.[Pt+2]. The minimum absolute atomic E-state index is 0. The summed E-state index contributed by atoms with van der Waals surface area (Å²) in [5.41, 5.74) is 5.67. The molecule has 0 aliphatic carbocycles. The Hall–Kier alpha value is -4.01. The van der Waals surface area contributed by atoms with Crippen LogP contribution in [0.5, 0.6) is 11.5 Å². The predicted octanol–water partition coefficient (Wildman–Crippen LogP) is 7.72. The van der Waals surface area contributed by atoms with E-state index in [4.69, 9.17) is 19.4 Å². The topological polar surface area (TPSA) is 44.2 Å². The fraction of sp³-hybridized carbons (Fsp3) is 0.0909. The average molecular weight is 678 g/mol. The van der Waals surface area contributed by atoms with Crippen molar-refractivity contribution in [3.63, 3.8) is 0 Å². The van der Waals surface area contributed by atoms with Gasteiger partial charge in [-0.3, -0.25) is 9.97 Å². The first-order valence-corrected chi connectivity index (χ1v) is 12.3. The molecule has 4 aromatic carbocycles. The number of hydrogen-bond acceptors (Lipinski definition) is 4. The molecule has 6 aromatic rings. The molecule has 6 rings (SSSR count). The molecule has 0 fully saturated rings. The van der Waals surface area contributed by atoms with Crippen molar-refractivity contribution in [2.24, 2.45) is 0 Å². The van der Waals surface area contributed by atoms with E-state index in [1.807, 2.05) is 36.4 Å². The average Bonchev–Trinajstić information content (AvgIpc) is 2.97. The summed E-state index contributed by atoms with van der Waals surface area (Å²) in [6.45, 7) is 0. The van der Waals surface area contributed by atoms with Crippen LogP contribution in [0, 0.1) is 0 Å². The quantitative estimate of drug-likeness (QED) is 0.181. The van der Waals surface area contributed by atoms with Gasteiger partial charge in [-0.2, -0.15) is 0 Å². The van der Waals surface area contributed by atoms with Gasteiger partial charge in [0.25, 0.3) is 0 Å². The number of ether oxygens (including phenoxy) is 2. The maximum Gasteiger partial charge on any atom is 2.00 e. The van der Waals surface area contributed by atoms with Crippen molar-refractivity contribution in [2.45, 2.75) is 6.42 Å². The Balaban J connectivity index is 0.00000294. The second kappa shape index (κ2) is 11.2. The zero-order chi connectivity index (χ0) is 25.2. The van der Waals surface area contributed by atoms with Crippen LogP contribution in [0.25, 0.3) is 44.1 Å². The second-order valence-electron chi connectivity index (χ2n) is 8.93. The van der Waals surface area contributed by atoms with Crippen LogP contribution in [0.2, 0.25) is 0 Å². The van der Waals surface area contributed by atoms with Gasteiger partial charge >= 0.3 is 21.1 Å². The Labute approximate surface area is 236 Å². The van der Waals surface area contributed by atoms with E-state index in [-0.39, 0.29) is 21.1 Å². The summed E-state index contributed by atoms with van der Waals surface area (Å²) in [7, 11) is 3.39. The maximum atomic E-state index is 5.65. The molecule has 0 spiro atoms. The Morgan fingerprint density at radius 1 is 0.526 bits per heavy atom. The molecule has 0 aliphatic heterocycles. The number of fused-ring (bicyclic) bond motifs is 2. The Morgan fingerprint density at radius 2 is 0.921 bits per heavy atom. The van der Waals surface area contributed by atoms with Crippen molar-refractivity contribution in [2.75, 3.05) is 14.2 Å². The fourth-order valence-corrected chi connectivity index (χ4v) is 4.96. The molecular weight excluding hydrogens is 651 g/mol. The van der Waals surface area contributed by atoms with Crippen molar-refractivity contribution in [3.8, 4) is 34.0 Å². The van der Waals surface area contributed by atoms with Gasteiger partial charge in [0.2, 0.25) is 0 Å². The number of methoxy groups -OCH3 is 2. The number of nitrogens with zero attached hydrogens (tertiary/aromatic N) is 2.